The van der Waals surface area contributed by atoms with Crippen molar-refractivity contribution in [3.05, 3.63) is 29.3 Å². The highest BCUT2D eigenvalue weighted by Crippen LogP contribution is 2.41. The van der Waals surface area contributed by atoms with Gasteiger partial charge in [-0.1, -0.05) is 52.0 Å². The Morgan fingerprint density at radius 1 is 1.09 bits per heavy atom. The summed E-state index contributed by atoms with van der Waals surface area (Å²) in [4.78, 5) is 0.0383. The molecule has 2 unspecified atom stereocenters. The molecule has 1 aliphatic rings. The molecule has 0 aromatic heterocycles. The standard InChI is InChI=1S/C18H28O3S/c1-3-4-5-6-7-8-15-10-9-14(2)17-12-11-16(13-18(15)17)22(19,20)21/h11-15H,3-10H2,1-2H3,(H,19,20,21). The number of unbranched alkanes of at least 4 members (excludes halogenated alkanes) is 4. The summed E-state index contributed by atoms with van der Waals surface area (Å²) in [5.74, 6) is 0.913. The van der Waals surface area contributed by atoms with Crippen LogP contribution >= 0.6 is 0 Å². The quantitative estimate of drug-likeness (QED) is 0.549. The van der Waals surface area contributed by atoms with Gasteiger partial charge in [-0.2, -0.15) is 8.42 Å². The van der Waals surface area contributed by atoms with E-state index >= 15 is 0 Å². The molecule has 124 valence electrons. The predicted molar refractivity (Wildman–Crippen MR) is 90.0 cm³/mol. The Hall–Kier alpha value is -0.870. The number of hydrogen-bond donors (Lipinski definition) is 1. The van der Waals surface area contributed by atoms with Crippen LogP contribution in [-0.2, 0) is 10.1 Å². The lowest BCUT2D eigenvalue weighted by Gasteiger charge is -2.30. The van der Waals surface area contributed by atoms with Crippen LogP contribution in [-0.4, -0.2) is 13.0 Å². The molecule has 2 rings (SSSR count). The van der Waals surface area contributed by atoms with Gasteiger partial charge in [-0.3, -0.25) is 4.55 Å². The molecule has 0 heterocycles. The van der Waals surface area contributed by atoms with Crippen LogP contribution in [0.2, 0.25) is 0 Å². The molecule has 4 heteroatoms. The molecule has 0 bridgehead atoms. The van der Waals surface area contributed by atoms with Gasteiger partial charge in [0.05, 0.1) is 4.90 Å². The number of rotatable bonds is 7. The van der Waals surface area contributed by atoms with Gasteiger partial charge in [0, 0.05) is 0 Å². The summed E-state index contributed by atoms with van der Waals surface area (Å²) in [6.45, 7) is 4.42. The molecule has 1 aromatic rings. The fourth-order valence-corrected chi connectivity index (χ4v) is 4.09. The maximum atomic E-state index is 11.4. The topological polar surface area (TPSA) is 54.4 Å². The van der Waals surface area contributed by atoms with E-state index in [4.69, 9.17) is 0 Å². The van der Waals surface area contributed by atoms with Gasteiger partial charge in [0.25, 0.3) is 10.1 Å². The Kier molecular flexibility index (Phi) is 6.04. The minimum atomic E-state index is -4.11. The predicted octanol–water partition coefficient (Wildman–Crippen LogP) is 5.27. The van der Waals surface area contributed by atoms with Crippen molar-refractivity contribution < 1.29 is 13.0 Å². The number of fused-ring (bicyclic) bond motifs is 1. The fourth-order valence-electron chi connectivity index (χ4n) is 3.57. The van der Waals surface area contributed by atoms with Gasteiger partial charge in [0.15, 0.2) is 0 Å². The van der Waals surface area contributed by atoms with Crippen LogP contribution in [0.25, 0.3) is 0 Å². The van der Waals surface area contributed by atoms with Crippen molar-refractivity contribution in [2.45, 2.75) is 81.9 Å². The van der Waals surface area contributed by atoms with E-state index in [1.807, 2.05) is 6.07 Å². The molecule has 0 fully saturated rings. The van der Waals surface area contributed by atoms with E-state index in [0.717, 1.165) is 24.8 Å². The zero-order chi connectivity index (χ0) is 16.2. The van der Waals surface area contributed by atoms with Crippen LogP contribution in [0.5, 0.6) is 0 Å². The van der Waals surface area contributed by atoms with Gasteiger partial charge in [0.1, 0.15) is 0 Å². The molecule has 0 amide bonds. The highest BCUT2D eigenvalue weighted by Gasteiger charge is 2.26. The van der Waals surface area contributed by atoms with Gasteiger partial charge < -0.3 is 0 Å². The highest BCUT2D eigenvalue weighted by atomic mass is 32.2. The van der Waals surface area contributed by atoms with Gasteiger partial charge in [-0.25, -0.2) is 0 Å². The van der Waals surface area contributed by atoms with E-state index in [2.05, 4.69) is 13.8 Å². The molecular formula is C18H28O3S. The summed E-state index contributed by atoms with van der Waals surface area (Å²) in [6.07, 6.45) is 9.71. The normalized spacial score (nSPS) is 21.6. The van der Waals surface area contributed by atoms with Crippen LogP contribution in [0.15, 0.2) is 23.1 Å². The van der Waals surface area contributed by atoms with Gasteiger partial charge in [-0.15, -0.1) is 0 Å². The van der Waals surface area contributed by atoms with Gasteiger partial charge in [0.2, 0.25) is 0 Å². The van der Waals surface area contributed by atoms with Crippen molar-refractivity contribution in [1.82, 2.24) is 0 Å². The SMILES string of the molecule is CCCCCCCC1CCC(C)c2ccc(S(=O)(=O)O)cc21. The Morgan fingerprint density at radius 3 is 2.50 bits per heavy atom. The summed E-state index contributed by atoms with van der Waals surface area (Å²) < 4.78 is 32.1. The summed E-state index contributed by atoms with van der Waals surface area (Å²) in [5, 5.41) is 0. The largest absolute Gasteiger partial charge is 0.294 e. The number of benzene rings is 1. The second kappa shape index (κ2) is 7.60. The minimum Gasteiger partial charge on any atom is -0.282 e. The first-order valence-electron chi connectivity index (χ1n) is 8.54. The van der Waals surface area contributed by atoms with Crippen molar-refractivity contribution in [3.63, 3.8) is 0 Å². The zero-order valence-corrected chi connectivity index (χ0v) is 14.5. The Labute approximate surface area is 134 Å². The first kappa shape index (κ1) is 17.5. The van der Waals surface area contributed by atoms with Gasteiger partial charge in [-0.05, 0) is 54.4 Å². The van der Waals surface area contributed by atoms with E-state index in [9.17, 15) is 13.0 Å². The Bertz CT molecular complexity index is 592. The maximum absolute atomic E-state index is 11.4. The molecule has 0 spiro atoms. The van der Waals surface area contributed by atoms with Gasteiger partial charge >= 0.3 is 0 Å². The Morgan fingerprint density at radius 2 is 1.82 bits per heavy atom. The molecule has 1 N–H and O–H groups in total. The molecule has 0 saturated heterocycles. The summed E-state index contributed by atoms with van der Waals surface area (Å²) in [6, 6.07) is 5.14. The van der Waals surface area contributed by atoms with Crippen LogP contribution in [0, 0.1) is 0 Å². The lowest BCUT2D eigenvalue weighted by molar-refractivity contribution is 0.454. The molecule has 0 saturated carbocycles. The second-order valence-corrected chi connectivity index (χ2v) is 8.07. The second-order valence-electron chi connectivity index (χ2n) is 6.64. The molecular weight excluding hydrogens is 296 g/mol. The fraction of sp³-hybridized carbons (Fsp3) is 0.667. The van der Waals surface area contributed by atoms with Crippen LogP contribution in [0.4, 0.5) is 0 Å². The van der Waals surface area contributed by atoms with Crippen molar-refractivity contribution in [2.24, 2.45) is 0 Å². The first-order valence-corrected chi connectivity index (χ1v) is 9.98. The van der Waals surface area contributed by atoms with E-state index in [1.54, 1.807) is 6.07 Å². The summed E-state index contributed by atoms with van der Waals surface area (Å²) in [5.41, 5.74) is 2.40. The Balaban J connectivity index is 2.13. The zero-order valence-electron chi connectivity index (χ0n) is 13.7. The maximum Gasteiger partial charge on any atom is 0.294 e. The van der Waals surface area contributed by atoms with Crippen molar-refractivity contribution >= 4 is 10.1 Å². The molecule has 3 nitrogen and oxygen atoms in total. The summed E-state index contributed by atoms with van der Waals surface area (Å²) in [7, 11) is -4.11. The van der Waals surface area contributed by atoms with E-state index in [0.29, 0.717) is 11.8 Å². The molecule has 0 aliphatic heterocycles. The van der Waals surface area contributed by atoms with Crippen LogP contribution < -0.4 is 0 Å². The lowest BCUT2D eigenvalue weighted by atomic mass is 9.75. The third kappa shape index (κ3) is 4.32. The average Bonchev–Trinajstić information content (AvgIpc) is 2.48. The summed E-state index contributed by atoms with van der Waals surface area (Å²) >= 11 is 0. The van der Waals surface area contributed by atoms with E-state index in [1.165, 1.54) is 43.7 Å². The van der Waals surface area contributed by atoms with Crippen molar-refractivity contribution in [3.8, 4) is 0 Å². The van der Waals surface area contributed by atoms with Crippen LogP contribution in [0.3, 0.4) is 0 Å². The van der Waals surface area contributed by atoms with Crippen molar-refractivity contribution in [2.75, 3.05) is 0 Å². The molecule has 22 heavy (non-hydrogen) atoms. The molecule has 1 aromatic carbocycles. The third-order valence-corrected chi connectivity index (χ3v) is 5.78. The van der Waals surface area contributed by atoms with E-state index < -0.39 is 10.1 Å². The first-order chi connectivity index (χ1) is 10.4. The molecule has 1 aliphatic carbocycles. The van der Waals surface area contributed by atoms with E-state index in [-0.39, 0.29) is 4.90 Å². The number of hydrogen-bond acceptors (Lipinski definition) is 2. The third-order valence-electron chi connectivity index (χ3n) is 4.93. The molecule has 2 atom stereocenters. The highest BCUT2D eigenvalue weighted by molar-refractivity contribution is 7.85. The lowest BCUT2D eigenvalue weighted by Crippen LogP contribution is -2.14. The smallest absolute Gasteiger partial charge is 0.282 e. The average molecular weight is 324 g/mol. The van der Waals surface area contributed by atoms with Crippen LogP contribution in [0.1, 0.15) is 88.2 Å². The minimum absolute atomic E-state index is 0.0383. The monoisotopic (exact) mass is 324 g/mol. The van der Waals surface area contributed by atoms with Crippen molar-refractivity contribution in [1.29, 1.82) is 0 Å². The molecule has 0 radical (unpaired) electrons.